The van der Waals surface area contributed by atoms with Gasteiger partial charge in [0, 0.05) is 41.9 Å². The maximum absolute atomic E-state index is 14.5. The average Bonchev–Trinajstić information content (AvgIpc) is 2.73. The Morgan fingerprint density at radius 3 is 2.68 bits per heavy atom. The number of halogens is 2. The number of amides is 1. The highest BCUT2D eigenvalue weighted by atomic mass is 35.5. The van der Waals surface area contributed by atoms with Crippen molar-refractivity contribution in [2.45, 2.75) is 24.8 Å². The van der Waals surface area contributed by atoms with Crippen LogP contribution in [-0.2, 0) is 20.7 Å². The summed E-state index contributed by atoms with van der Waals surface area (Å²) in [5.41, 5.74) is 1.17. The van der Waals surface area contributed by atoms with Gasteiger partial charge in [-0.2, -0.15) is 0 Å². The van der Waals surface area contributed by atoms with Crippen molar-refractivity contribution in [3.63, 3.8) is 0 Å². The molecule has 0 saturated carbocycles. The molecule has 2 aromatic rings. The summed E-state index contributed by atoms with van der Waals surface area (Å²) in [5.74, 6) is -2.16. The first kappa shape index (κ1) is 23.4. The predicted octanol–water partition coefficient (Wildman–Crippen LogP) is 3.50. The fourth-order valence-corrected chi connectivity index (χ4v) is 4.70. The summed E-state index contributed by atoms with van der Waals surface area (Å²) in [4.78, 5) is 28.1. The number of hydrogen-bond donors (Lipinski definition) is 0. The zero-order chi connectivity index (χ0) is 22.5. The third-order valence-electron chi connectivity index (χ3n) is 5.03. The van der Waals surface area contributed by atoms with Crippen molar-refractivity contribution in [1.29, 1.82) is 0 Å². The van der Waals surface area contributed by atoms with Gasteiger partial charge >= 0.3 is 5.97 Å². The molecule has 6 nitrogen and oxygen atoms in total. The molecular formula is C22H24ClFN2O4S. The first-order chi connectivity index (χ1) is 14.8. The van der Waals surface area contributed by atoms with E-state index in [1.54, 1.807) is 11.8 Å². The van der Waals surface area contributed by atoms with Gasteiger partial charge in [-0.1, -0.05) is 17.7 Å². The minimum atomic E-state index is -1.88. The second-order valence-corrected chi connectivity index (χ2v) is 9.07. The van der Waals surface area contributed by atoms with Crippen LogP contribution >= 0.6 is 11.6 Å². The summed E-state index contributed by atoms with van der Waals surface area (Å²) in [5, 5.41) is 0.652. The molecule has 0 spiro atoms. The average molecular weight is 467 g/mol. The monoisotopic (exact) mass is 466 g/mol. The van der Waals surface area contributed by atoms with Crippen LogP contribution in [0.4, 0.5) is 10.1 Å². The minimum Gasteiger partial charge on any atom is -0.611 e. The maximum atomic E-state index is 14.5. The summed E-state index contributed by atoms with van der Waals surface area (Å²) < 4.78 is 31.5. The molecule has 1 aliphatic heterocycles. The molecule has 1 heterocycles. The SMILES string of the molecule is CCOC(=O)C[S+]([O-])c1ccc(C(=O)N2CCN(c3cccc(Cl)c3)C(C)C2)cc1F. The molecule has 3 rings (SSSR count). The number of ether oxygens (including phenoxy) is 1. The second-order valence-electron chi connectivity index (χ2n) is 7.21. The molecule has 9 heteroatoms. The molecule has 1 saturated heterocycles. The van der Waals surface area contributed by atoms with E-state index in [4.69, 9.17) is 16.3 Å². The van der Waals surface area contributed by atoms with Crippen LogP contribution in [0.1, 0.15) is 24.2 Å². The highest BCUT2D eigenvalue weighted by molar-refractivity contribution is 7.92. The molecule has 1 aliphatic rings. The van der Waals surface area contributed by atoms with E-state index in [9.17, 15) is 18.5 Å². The van der Waals surface area contributed by atoms with Gasteiger partial charge in [0.15, 0.2) is 10.7 Å². The van der Waals surface area contributed by atoms with Crippen LogP contribution in [0.25, 0.3) is 0 Å². The van der Waals surface area contributed by atoms with Crippen LogP contribution in [0.15, 0.2) is 47.4 Å². The van der Waals surface area contributed by atoms with Crippen LogP contribution < -0.4 is 4.90 Å². The van der Waals surface area contributed by atoms with Gasteiger partial charge < -0.3 is 19.1 Å². The first-order valence-electron chi connectivity index (χ1n) is 9.95. The molecule has 0 N–H and O–H groups in total. The molecule has 2 aromatic carbocycles. The molecule has 2 atom stereocenters. The molecule has 2 unspecified atom stereocenters. The molecular weight excluding hydrogens is 443 g/mol. The number of rotatable bonds is 6. The zero-order valence-electron chi connectivity index (χ0n) is 17.3. The van der Waals surface area contributed by atoms with Crippen LogP contribution in [0.3, 0.4) is 0 Å². The first-order valence-corrected chi connectivity index (χ1v) is 11.6. The molecule has 1 fully saturated rings. The summed E-state index contributed by atoms with van der Waals surface area (Å²) in [7, 11) is 0. The lowest BCUT2D eigenvalue weighted by atomic mass is 10.1. The topological polar surface area (TPSA) is 72.9 Å². The molecule has 0 radical (unpaired) electrons. The number of nitrogens with zero attached hydrogens (tertiary/aromatic N) is 2. The Labute approximate surface area is 189 Å². The third-order valence-corrected chi connectivity index (χ3v) is 6.59. The van der Waals surface area contributed by atoms with E-state index in [1.165, 1.54) is 12.1 Å². The van der Waals surface area contributed by atoms with Gasteiger partial charge in [-0.05, 0) is 61.4 Å². The van der Waals surface area contributed by atoms with Crippen molar-refractivity contribution in [2.24, 2.45) is 0 Å². The quantitative estimate of drug-likeness (QED) is 0.481. The standard InChI is InChI=1S/C22H24ClFN2O4S/c1-3-30-21(27)14-31(29)20-8-7-16(11-19(20)24)22(28)25-9-10-26(15(2)13-25)18-6-4-5-17(23)12-18/h4-8,11-12,15H,3,9-10,13-14H2,1-2H3. The Hall–Kier alpha value is -2.29. The molecule has 0 aromatic heterocycles. The summed E-state index contributed by atoms with van der Waals surface area (Å²) in [6, 6.07) is 11.4. The van der Waals surface area contributed by atoms with Crippen molar-refractivity contribution >= 4 is 40.3 Å². The van der Waals surface area contributed by atoms with Crippen molar-refractivity contribution in [3.05, 3.63) is 58.9 Å². The fraction of sp³-hybridized carbons (Fsp3) is 0.364. The van der Waals surface area contributed by atoms with Crippen molar-refractivity contribution in [2.75, 3.05) is 36.9 Å². The number of benzene rings is 2. The maximum Gasteiger partial charge on any atom is 0.356 e. The number of carbonyl (C=O) groups is 2. The van der Waals surface area contributed by atoms with Crippen LogP contribution in [0.2, 0.25) is 5.02 Å². The van der Waals surface area contributed by atoms with Gasteiger partial charge in [0.05, 0.1) is 6.61 Å². The van der Waals surface area contributed by atoms with E-state index < -0.39 is 28.7 Å². The van der Waals surface area contributed by atoms with E-state index in [1.807, 2.05) is 31.2 Å². The molecule has 0 bridgehead atoms. The van der Waals surface area contributed by atoms with Gasteiger partial charge in [0.2, 0.25) is 5.75 Å². The highest BCUT2D eigenvalue weighted by Gasteiger charge is 2.29. The van der Waals surface area contributed by atoms with E-state index in [0.29, 0.717) is 24.7 Å². The normalized spacial score (nSPS) is 17.4. The van der Waals surface area contributed by atoms with Crippen molar-refractivity contribution in [3.8, 4) is 0 Å². The lowest BCUT2D eigenvalue weighted by Crippen LogP contribution is -2.53. The second kappa shape index (κ2) is 10.3. The van der Waals surface area contributed by atoms with Crippen LogP contribution in [0.5, 0.6) is 0 Å². The zero-order valence-corrected chi connectivity index (χ0v) is 18.9. The number of piperazine rings is 1. The Kier molecular flexibility index (Phi) is 7.80. The summed E-state index contributed by atoms with van der Waals surface area (Å²) in [6.07, 6.45) is 0. The lowest BCUT2D eigenvalue weighted by Gasteiger charge is -2.41. The number of carbonyl (C=O) groups excluding carboxylic acids is 2. The van der Waals surface area contributed by atoms with Gasteiger partial charge in [-0.3, -0.25) is 4.79 Å². The molecule has 166 valence electrons. The number of esters is 1. The Bertz CT molecular complexity index is 961. The number of anilines is 1. The van der Waals surface area contributed by atoms with Crippen molar-refractivity contribution < 1.29 is 23.3 Å². The fourth-order valence-electron chi connectivity index (χ4n) is 3.57. The lowest BCUT2D eigenvalue weighted by molar-refractivity contribution is -0.139. The Morgan fingerprint density at radius 2 is 2.03 bits per heavy atom. The molecule has 31 heavy (non-hydrogen) atoms. The van der Waals surface area contributed by atoms with E-state index in [0.717, 1.165) is 11.8 Å². The van der Waals surface area contributed by atoms with Gasteiger partial charge in [-0.15, -0.1) is 0 Å². The summed E-state index contributed by atoms with van der Waals surface area (Å²) in [6.45, 7) is 5.39. The highest BCUT2D eigenvalue weighted by Crippen LogP contribution is 2.25. The van der Waals surface area contributed by atoms with Gasteiger partial charge in [0.25, 0.3) is 5.91 Å². The van der Waals surface area contributed by atoms with Gasteiger partial charge in [-0.25, -0.2) is 9.18 Å². The van der Waals surface area contributed by atoms with E-state index in [-0.39, 0.29) is 29.0 Å². The third kappa shape index (κ3) is 5.70. The summed E-state index contributed by atoms with van der Waals surface area (Å²) >= 11 is 4.21. The predicted molar refractivity (Wildman–Crippen MR) is 118 cm³/mol. The minimum absolute atomic E-state index is 0.0531. The van der Waals surface area contributed by atoms with Crippen LogP contribution in [0, 0.1) is 5.82 Å². The van der Waals surface area contributed by atoms with E-state index >= 15 is 0 Å². The molecule has 1 amide bonds. The Balaban J connectivity index is 1.66. The Morgan fingerprint density at radius 1 is 1.26 bits per heavy atom. The van der Waals surface area contributed by atoms with E-state index in [2.05, 4.69) is 4.90 Å². The molecule has 0 aliphatic carbocycles. The van der Waals surface area contributed by atoms with Gasteiger partial charge in [0.1, 0.15) is 0 Å². The largest absolute Gasteiger partial charge is 0.611 e. The van der Waals surface area contributed by atoms with Crippen molar-refractivity contribution in [1.82, 2.24) is 4.90 Å². The smallest absolute Gasteiger partial charge is 0.356 e. The number of hydrogen-bond acceptors (Lipinski definition) is 5. The van der Waals surface area contributed by atoms with Crippen LogP contribution in [-0.4, -0.2) is 59.4 Å².